The van der Waals surface area contributed by atoms with Crippen LogP contribution >= 0.6 is 0 Å². The molecule has 1 heterocycles. The molecule has 1 fully saturated rings. The Morgan fingerprint density at radius 3 is 2.50 bits per heavy atom. The number of nitrogens with zero attached hydrogens (tertiary/aromatic N) is 1. The van der Waals surface area contributed by atoms with Crippen LogP contribution in [0.4, 0.5) is 18.9 Å². The van der Waals surface area contributed by atoms with Crippen LogP contribution in [0.2, 0.25) is 0 Å². The van der Waals surface area contributed by atoms with Gasteiger partial charge in [0.1, 0.15) is 5.75 Å². The molecule has 8 heteroatoms. The molecule has 1 aromatic rings. The van der Waals surface area contributed by atoms with Crippen LogP contribution in [0.3, 0.4) is 0 Å². The molecular weight excluding hydrogens is 327 g/mol. The summed E-state index contributed by atoms with van der Waals surface area (Å²) in [6.45, 7) is 5.26. The highest BCUT2D eigenvalue weighted by Crippen LogP contribution is 2.30. The van der Waals surface area contributed by atoms with E-state index in [0.717, 1.165) is 12.1 Å². The number of hydrogen-bond acceptors (Lipinski definition) is 4. The second-order valence-corrected chi connectivity index (χ2v) is 6.47. The van der Waals surface area contributed by atoms with Gasteiger partial charge in [0.25, 0.3) is 5.91 Å². The molecule has 0 N–H and O–H groups in total. The smallest absolute Gasteiger partial charge is 0.452 e. The first-order chi connectivity index (χ1) is 11.0. The van der Waals surface area contributed by atoms with Crippen LogP contribution in [0, 0.1) is 5.41 Å². The SMILES string of the molecule is CC(C)(C)C(=O)O[C@H]1CCN(c2cccc(OC(F)(F)F)c2)C1=O. The minimum Gasteiger partial charge on any atom is -0.452 e. The summed E-state index contributed by atoms with van der Waals surface area (Å²) in [7, 11) is 0. The van der Waals surface area contributed by atoms with E-state index in [1.54, 1.807) is 20.8 Å². The number of anilines is 1. The summed E-state index contributed by atoms with van der Waals surface area (Å²) >= 11 is 0. The molecule has 24 heavy (non-hydrogen) atoms. The fraction of sp³-hybridized carbons (Fsp3) is 0.500. The van der Waals surface area contributed by atoms with Gasteiger partial charge in [0.05, 0.1) is 5.41 Å². The average Bonchev–Trinajstić information content (AvgIpc) is 2.77. The number of alkyl halides is 3. The third-order valence-electron chi connectivity index (χ3n) is 3.38. The highest BCUT2D eigenvalue weighted by molar-refractivity contribution is 6.00. The molecule has 0 bridgehead atoms. The van der Waals surface area contributed by atoms with Gasteiger partial charge in [-0.15, -0.1) is 13.2 Å². The van der Waals surface area contributed by atoms with Gasteiger partial charge in [0.15, 0.2) is 6.10 Å². The van der Waals surface area contributed by atoms with Gasteiger partial charge in [-0.2, -0.15) is 0 Å². The Hall–Kier alpha value is -2.25. The lowest BCUT2D eigenvalue weighted by Crippen LogP contribution is -2.35. The summed E-state index contributed by atoms with van der Waals surface area (Å²) in [6, 6.07) is 5.13. The maximum absolute atomic E-state index is 12.4. The first-order valence-corrected chi connectivity index (χ1v) is 7.36. The Labute approximate surface area is 137 Å². The van der Waals surface area contributed by atoms with E-state index in [9.17, 15) is 22.8 Å². The minimum absolute atomic E-state index is 0.246. The van der Waals surface area contributed by atoms with E-state index >= 15 is 0 Å². The molecule has 0 radical (unpaired) electrons. The van der Waals surface area contributed by atoms with Crippen molar-refractivity contribution < 1.29 is 32.2 Å². The molecule has 132 valence electrons. The molecule has 1 aliphatic heterocycles. The van der Waals surface area contributed by atoms with Crippen molar-refractivity contribution in [2.24, 2.45) is 5.41 Å². The number of esters is 1. The number of halogens is 3. The van der Waals surface area contributed by atoms with Gasteiger partial charge in [0.2, 0.25) is 0 Å². The fourth-order valence-electron chi connectivity index (χ4n) is 2.17. The molecule has 0 aromatic heterocycles. The van der Waals surface area contributed by atoms with E-state index in [1.807, 2.05) is 0 Å². The van der Waals surface area contributed by atoms with Crippen molar-refractivity contribution >= 4 is 17.6 Å². The zero-order valence-electron chi connectivity index (χ0n) is 13.5. The third-order valence-corrected chi connectivity index (χ3v) is 3.38. The summed E-state index contributed by atoms with van der Waals surface area (Å²) in [5.41, 5.74) is -0.482. The van der Waals surface area contributed by atoms with Gasteiger partial charge in [-0.3, -0.25) is 9.59 Å². The van der Waals surface area contributed by atoms with E-state index in [-0.39, 0.29) is 18.7 Å². The van der Waals surface area contributed by atoms with E-state index in [2.05, 4.69) is 4.74 Å². The predicted molar refractivity (Wildman–Crippen MR) is 79.4 cm³/mol. The third kappa shape index (κ3) is 4.39. The molecule has 1 atom stereocenters. The summed E-state index contributed by atoms with van der Waals surface area (Å²) in [6.07, 6.45) is -5.45. The second kappa shape index (κ2) is 6.33. The normalized spacial score (nSPS) is 18.7. The Balaban J connectivity index is 2.10. The van der Waals surface area contributed by atoms with E-state index < -0.39 is 35.5 Å². The number of carbonyl (C=O) groups is 2. The number of rotatable bonds is 3. The molecule has 0 unspecified atom stereocenters. The number of ether oxygens (including phenoxy) is 2. The zero-order chi connectivity index (χ0) is 18.1. The summed E-state index contributed by atoms with van der Waals surface area (Å²) in [4.78, 5) is 25.5. The van der Waals surface area contributed by atoms with Crippen LogP contribution in [0.5, 0.6) is 5.75 Å². The minimum atomic E-state index is -4.81. The fourth-order valence-corrected chi connectivity index (χ4v) is 2.17. The highest BCUT2D eigenvalue weighted by atomic mass is 19.4. The monoisotopic (exact) mass is 345 g/mol. The van der Waals surface area contributed by atoms with Gasteiger partial charge >= 0.3 is 12.3 Å². The highest BCUT2D eigenvalue weighted by Gasteiger charge is 2.38. The lowest BCUT2D eigenvalue weighted by molar-refractivity contribution is -0.274. The van der Waals surface area contributed by atoms with Crippen molar-refractivity contribution in [1.29, 1.82) is 0 Å². The largest absolute Gasteiger partial charge is 0.573 e. The number of carbonyl (C=O) groups excluding carboxylic acids is 2. The Morgan fingerprint density at radius 1 is 1.25 bits per heavy atom. The van der Waals surface area contributed by atoms with E-state index in [0.29, 0.717) is 0 Å². The standard InChI is InChI=1S/C16H18F3NO4/c1-15(2,3)14(22)23-12-7-8-20(13(12)21)10-5-4-6-11(9-10)24-16(17,18)19/h4-6,9,12H,7-8H2,1-3H3/t12-/m0/s1. The molecule has 5 nitrogen and oxygen atoms in total. The van der Waals surface area contributed by atoms with E-state index in [4.69, 9.17) is 4.74 Å². The first kappa shape index (κ1) is 18.1. The maximum Gasteiger partial charge on any atom is 0.573 e. The van der Waals surface area contributed by atoms with Crippen molar-refractivity contribution in [3.63, 3.8) is 0 Å². The van der Waals surface area contributed by atoms with Crippen molar-refractivity contribution in [1.82, 2.24) is 0 Å². The van der Waals surface area contributed by atoms with Crippen LogP contribution in [0.1, 0.15) is 27.2 Å². The van der Waals surface area contributed by atoms with Gasteiger partial charge < -0.3 is 14.4 Å². The Morgan fingerprint density at radius 2 is 1.92 bits per heavy atom. The summed E-state index contributed by atoms with van der Waals surface area (Å²) in [5.74, 6) is -1.38. The lowest BCUT2D eigenvalue weighted by atomic mass is 9.97. The number of hydrogen-bond donors (Lipinski definition) is 0. The van der Waals surface area contributed by atoms with Crippen LogP contribution in [0.15, 0.2) is 24.3 Å². The summed E-state index contributed by atoms with van der Waals surface area (Å²) in [5, 5.41) is 0. The van der Waals surface area contributed by atoms with Crippen molar-refractivity contribution in [3.8, 4) is 5.75 Å². The molecular formula is C16H18F3NO4. The van der Waals surface area contributed by atoms with Gasteiger partial charge in [0, 0.05) is 24.7 Å². The molecule has 0 aliphatic carbocycles. The first-order valence-electron chi connectivity index (χ1n) is 7.36. The lowest BCUT2D eigenvalue weighted by Gasteiger charge is -2.21. The second-order valence-electron chi connectivity index (χ2n) is 6.47. The van der Waals surface area contributed by atoms with Crippen LogP contribution in [-0.2, 0) is 14.3 Å². The molecule has 0 saturated carbocycles. The Kier molecular flexibility index (Phi) is 4.77. The molecule has 1 aromatic carbocycles. The van der Waals surface area contributed by atoms with Crippen molar-refractivity contribution in [2.75, 3.05) is 11.4 Å². The quantitative estimate of drug-likeness (QED) is 0.789. The topological polar surface area (TPSA) is 55.8 Å². The summed E-state index contributed by atoms with van der Waals surface area (Å²) < 4.78 is 45.9. The predicted octanol–water partition coefficient (Wildman–Crippen LogP) is 3.28. The van der Waals surface area contributed by atoms with Gasteiger partial charge in [-0.1, -0.05) is 6.07 Å². The molecule has 1 saturated heterocycles. The number of benzene rings is 1. The molecule has 0 spiro atoms. The van der Waals surface area contributed by atoms with Crippen LogP contribution in [0.25, 0.3) is 0 Å². The zero-order valence-corrected chi connectivity index (χ0v) is 13.5. The Bertz CT molecular complexity index is 637. The van der Waals surface area contributed by atoms with Gasteiger partial charge in [-0.25, -0.2) is 0 Å². The molecule has 1 amide bonds. The van der Waals surface area contributed by atoms with Crippen LogP contribution in [-0.4, -0.2) is 30.9 Å². The maximum atomic E-state index is 12.4. The van der Waals surface area contributed by atoms with Crippen LogP contribution < -0.4 is 9.64 Å². The van der Waals surface area contributed by atoms with Crippen molar-refractivity contribution in [3.05, 3.63) is 24.3 Å². The molecule has 2 rings (SSSR count). The van der Waals surface area contributed by atoms with E-state index in [1.165, 1.54) is 17.0 Å². The van der Waals surface area contributed by atoms with Crippen molar-refractivity contribution in [2.45, 2.75) is 39.7 Å². The van der Waals surface area contributed by atoms with Gasteiger partial charge in [-0.05, 0) is 32.9 Å². The molecule has 1 aliphatic rings. The number of amides is 1. The average molecular weight is 345 g/mol.